The molecule has 68 valence electrons. The van der Waals surface area contributed by atoms with Crippen LogP contribution in [0.1, 0.15) is 13.3 Å². The normalized spacial score (nSPS) is 11.3. The topological polar surface area (TPSA) is 110 Å². The molecule has 0 saturated carbocycles. The molecule has 0 saturated heterocycles. The van der Waals surface area contributed by atoms with Gasteiger partial charge in [0.1, 0.15) is 6.04 Å². The number of nitrogens with two attached hydrogens (primary N) is 2. The standard InChI is InChI=1S/C3H7NO2.C3H9NO/c1-2(4)3(5)6;4-2-1-3-5/h2H,4H2,1H3,(H,5,6);5H,1-4H2/t2-;/m0./s1. The summed E-state index contributed by atoms with van der Waals surface area (Å²) < 4.78 is 0. The van der Waals surface area contributed by atoms with Crippen LogP contribution in [0.3, 0.4) is 0 Å². The van der Waals surface area contributed by atoms with Gasteiger partial charge in [0.25, 0.3) is 0 Å². The van der Waals surface area contributed by atoms with Crippen LogP contribution in [0.25, 0.3) is 0 Å². The van der Waals surface area contributed by atoms with E-state index >= 15 is 0 Å². The molecule has 0 heterocycles. The van der Waals surface area contributed by atoms with Crippen molar-refractivity contribution < 1.29 is 15.0 Å². The summed E-state index contributed by atoms with van der Waals surface area (Å²) in [5.74, 6) is -0.963. The van der Waals surface area contributed by atoms with Gasteiger partial charge in [0.2, 0.25) is 0 Å². The predicted octanol–water partition coefficient (Wildman–Crippen LogP) is -1.25. The second kappa shape index (κ2) is 9.35. The molecule has 0 radical (unpaired) electrons. The van der Waals surface area contributed by atoms with E-state index < -0.39 is 12.0 Å². The summed E-state index contributed by atoms with van der Waals surface area (Å²) in [7, 11) is 0. The number of carboxylic acids is 1. The minimum Gasteiger partial charge on any atom is -0.480 e. The smallest absolute Gasteiger partial charge is 0.320 e. The first-order valence-electron chi connectivity index (χ1n) is 3.35. The van der Waals surface area contributed by atoms with E-state index in [1.807, 2.05) is 0 Å². The van der Waals surface area contributed by atoms with Gasteiger partial charge < -0.3 is 21.7 Å². The number of aliphatic hydroxyl groups excluding tert-OH is 1. The maximum absolute atomic E-state index is 9.57. The highest BCUT2D eigenvalue weighted by Crippen LogP contribution is 1.68. The second-order valence-corrected chi connectivity index (χ2v) is 1.99. The zero-order valence-electron chi connectivity index (χ0n) is 6.66. The van der Waals surface area contributed by atoms with Crippen LogP contribution in [0.15, 0.2) is 0 Å². The fourth-order valence-electron chi connectivity index (χ4n) is 0.0913. The van der Waals surface area contributed by atoms with Crippen LogP contribution in [0.5, 0.6) is 0 Å². The van der Waals surface area contributed by atoms with Gasteiger partial charge in [-0.25, -0.2) is 0 Å². The molecule has 0 fully saturated rings. The summed E-state index contributed by atoms with van der Waals surface area (Å²) in [4.78, 5) is 9.57. The van der Waals surface area contributed by atoms with Crippen LogP contribution < -0.4 is 11.5 Å². The van der Waals surface area contributed by atoms with Crippen molar-refractivity contribution in [3.8, 4) is 0 Å². The molecule has 0 aromatic rings. The summed E-state index contributed by atoms with van der Waals surface area (Å²) in [5.41, 5.74) is 9.81. The van der Waals surface area contributed by atoms with Crippen LogP contribution in [-0.2, 0) is 4.79 Å². The minimum atomic E-state index is -0.963. The lowest BCUT2D eigenvalue weighted by Crippen LogP contribution is -2.25. The lowest BCUT2D eigenvalue weighted by molar-refractivity contribution is -0.138. The largest absolute Gasteiger partial charge is 0.480 e. The van der Waals surface area contributed by atoms with Gasteiger partial charge in [-0.05, 0) is 19.9 Å². The minimum absolute atomic E-state index is 0.219. The van der Waals surface area contributed by atoms with Crippen LogP contribution in [0.4, 0.5) is 0 Å². The average Bonchev–Trinajstić information content (AvgIpc) is 1.90. The molecule has 0 bridgehead atoms. The Bertz CT molecular complexity index is 93.8. The number of hydrogen-bond donors (Lipinski definition) is 4. The van der Waals surface area contributed by atoms with Gasteiger partial charge in [0.05, 0.1) is 0 Å². The van der Waals surface area contributed by atoms with Gasteiger partial charge in [0.15, 0.2) is 0 Å². The zero-order chi connectivity index (χ0) is 9.28. The van der Waals surface area contributed by atoms with Gasteiger partial charge >= 0.3 is 5.97 Å². The summed E-state index contributed by atoms with van der Waals surface area (Å²) in [6.07, 6.45) is 0.722. The first kappa shape index (κ1) is 13.0. The maximum Gasteiger partial charge on any atom is 0.320 e. The third kappa shape index (κ3) is 17.6. The maximum atomic E-state index is 9.57. The highest BCUT2D eigenvalue weighted by atomic mass is 16.4. The quantitative estimate of drug-likeness (QED) is 0.416. The number of aliphatic hydroxyl groups is 1. The van der Waals surface area contributed by atoms with E-state index in [2.05, 4.69) is 0 Å². The van der Waals surface area contributed by atoms with E-state index in [0.29, 0.717) is 6.54 Å². The van der Waals surface area contributed by atoms with Gasteiger partial charge in [-0.1, -0.05) is 0 Å². The van der Waals surface area contributed by atoms with E-state index in [1.165, 1.54) is 6.92 Å². The molecule has 6 N–H and O–H groups in total. The van der Waals surface area contributed by atoms with Gasteiger partial charge in [-0.15, -0.1) is 0 Å². The van der Waals surface area contributed by atoms with E-state index in [-0.39, 0.29) is 6.61 Å². The molecule has 1 atom stereocenters. The molecule has 0 aromatic carbocycles. The molecule has 0 rings (SSSR count). The molecule has 5 heteroatoms. The molecule has 0 unspecified atom stereocenters. The third-order valence-electron chi connectivity index (χ3n) is 0.752. The molecule has 0 spiro atoms. The average molecular weight is 164 g/mol. The Morgan fingerprint density at radius 2 is 2.00 bits per heavy atom. The van der Waals surface area contributed by atoms with E-state index in [4.69, 9.17) is 21.7 Å². The number of aliphatic carboxylic acids is 1. The van der Waals surface area contributed by atoms with Gasteiger partial charge in [-0.2, -0.15) is 0 Å². The van der Waals surface area contributed by atoms with Crippen molar-refractivity contribution in [3.05, 3.63) is 0 Å². The van der Waals surface area contributed by atoms with Crippen LogP contribution in [0, 0.1) is 0 Å². The van der Waals surface area contributed by atoms with Crippen molar-refractivity contribution in [3.63, 3.8) is 0 Å². The number of carbonyl (C=O) groups is 1. The van der Waals surface area contributed by atoms with Crippen LogP contribution in [0.2, 0.25) is 0 Å². The zero-order valence-corrected chi connectivity index (χ0v) is 6.66. The highest BCUT2D eigenvalue weighted by molar-refractivity contribution is 5.72. The molecule has 0 aromatic heterocycles. The van der Waals surface area contributed by atoms with Gasteiger partial charge in [0, 0.05) is 6.61 Å². The SMILES string of the molecule is C[C@H](N)C(=O)O.NCCCO. The summed E-state index contributed by atoms with van der Waals surface area (Å²) in [6, 6.07) is -0.731. The Labute approximate surface area is 66.0 Å². The van der Waals surface area contributed by atoms with Gasteiger partial charge in [-0.3, -0.25) is 4.79 Å². The van der Waals surface area contributed by atoms with E-state index in [9.17, 15) is 4.79 Å². The number of rotatable bonds is 3. The molecule has 11 heavy (non-hydrogen) atoms. The summed E-state index contributed by atoms with van der Waals surface area (Å²) in [6.45, 7) is 2.23. The van der Waals surface area contributed by atoms with E-state index in [0.717, 1.165) is 6.42 Å². The Hall–Kier alpha value is -0.650. The Balaban J connectivity index is 0. The molecular formula is C6H16N2O3. The first-order chi connectivity index (χ1) is 5.06. The Kier molecular flexibility index (Phi) is 11.0. The molecule has 5 nitrogen and oxygen atoms in total. The van der Waals surface area contributed by atoms with Crippen molar-refractivity contribution in [2.24, 2.45) is 11.5 Å². The fraction of sp³-hybridized carbons (Fsp3) is 0.833. The van der Waals surface area contributed by atoms with Crippen molar-refractivity contribution in [2.75, 3.05) is 13.2 Å². The van der Waals surface area contributed by atoms with Crippen LogP contribution >= 0.6 is 0 Å². The molecule has 0 aliphatic carbocycles. The van der Waals surface area contributed by atoms with Crippen molar-refractivity contribution in [2.45, 2.75) is 19.4 Å². The summed E-state index contributed by atoms with van der Waals surface area (Å²) >= 11 is 0. The molecule has 0 aliphatic heterocycles. The third-order valence-corrected chi connectivity index (χ3v) is 0.752. The first-order valence-corrected chi connectivity index (χ1v) is 3.35. The predicted molar refractivity (Wildman–Crippen MR) is 42.0 cm³/mol. The second-order valence-electron chi connectivity index (χ2n) is 1.99. The molecule has 0 amide bonds. The monoisotopic (exact) mass is 164 g/mol. The van der Waals surface area contributed by atoms with Crippen molar-refractivity contribution >= 4 is 5.97 Å². The number of hydrogen-bond acceptors (Lipinski definition) is 4. The lowest BCUT2D eigenvalue weighted by Gasteiger charge is -1.90. The Morgan fingerprint density at radius 1 is 1.64 bits per heavy atom. The fourth-order valence-corrected chi connectivity index (χ4v) is 0.0913. The van der Waals surface area contributed by atoms with E-state index in [1.54, 1.807) is 0 Å². The summed E-state index contributed by atoms with van der Waals surface area (Å²) in [5, 5.41) is 15.9. The lowest BCUT2D eigenvalue weighted by atomic mass is 10.4. The van der Waals surface area contributed by atoms with Crippen molar-refractivity contribution in [1.82, 2.24) is 0 Å². The molecule has 0 aliphatic rings. The molecular weight excluding hydrogens is 148 g/mol. The van der Waals surface area contributed by atoms with Crippen LogP contribution in [-0.4, -0.2) is 35.4 Å². The Morgan fingerprint density at radius 3 is 2.00 bits per heavy atom. The van der Waals surface area contributed by atoms with Crippen molar-refractivity contribution in [1.29, 1.82) is 0 Å². The number of carboxylic acid groups (broad SMARTS) is 1. The highest BCUT2D eigenvalue weighted by Gasteiger charge is 1.99.